The Morgan fingerprint density at radius 3 is 2.30 bits per heavy atom. The molecular weight excluding hydrogens is 588 g/mol. The van der Waals surface area contributed by atoms with E-state index >= 15 is 0 Å². The number of aliphatic hydroxyl groups is 1. The number of methoxy groups -OCH3 is 1. The van der Waals surface area contributed by atoms with Crippen molar-refractivity contribution in [1.29, 1.82) is 0 Å². The number of rotatable bonds is 22. The molecule has 0 radical (unpaired) electrons. The third-order valence-electron chi connectivity index (χ3n) is 9.05. The van der Waals surface area contributed by atoms with Crippen molar-refractivity contribution in [3.8, 4) is 11.5 Å². The van der Waals surface area contributed by atoms with Crippen LogP contribution in [0, 0.1) is 29.1 Å². The summed E-state index contributed by atoms with van der Waals surface area (Å²) < 4.78 is 23.0. The van der Waals surface area contributed by atoms with Gasteiger partial charge >= 0.3 is 0 Å². The maximum Gasteiger partial charge on any atom is 0.224 e. The quantitative estimate of drug-likeness (QED) is 0.138. The van der Waals surface area contributed by atoms with Crippen molar-refractivity contribution in [1.82, 2.24) is 10.2 Å². The van der Waals surface area contributed by atoms with Crippen molar-refractivity contribution < 1.29 is 33.6 Å². The fraction of sp³-hybridized carbons (Fsp3) is 0.771. The van der Waals surface area contributed by atoms with E-state index < -0.39 is 29.4 Å². The Hall–Kier alpha value is -2.44. The minimum absolute atomic E-state index is 0.0173. The second-order valence-corrected chi connectivity index (χ2v) is 14.0. The highest BCUT2D eigenvalue weighted by molar-refractivity contribution is 5.83. The molecule has 1 aromatic rings. The van der Waals surface area contributed by atoms with Gasteiger partial charge in [-0.15, -0.1) is 0 Å². The van der Waals surface area contributed by atoms with E-state index in [0.29, 0.717) is 37.9 Å². The molecule has 1 heterocycles. The first-order valence-corrected chi connectivity index (χ1v) is 16.9. The predicted molar refractivity (Wildman–Crippen MR) is 181 cm³/mol. The Bertz CT molecular complexity index is 1050. The molecular formula is C35H62N4O7. The summed E-state index contributed by atoms with van der Waals surface area (Å²) in [6, 6.07) is 5.62. The number of ether oxygens (including phenoxy) is 4. The van der Waals surface area contributed by atoms with Crippen molar-refractivity contribution >= 4 is 11.8 Å². The van der Waals surface area contributed by atoms with Crippen LogP contribution >= 0.6 is 0 Å². The number of nitrogens with two attached hydrogens (primary N) is 2. The molecule has 0 bridgehead atoms. The zero-order valence-electron chi connectivity index (χ0n) is 29.4. The number of nitrogens with zero attached hydrogens (tertiary/aromatic N) is 1. The number of hydrogen-bond acceptors (Lipinski definition) is 9. The van der Waals surface area contributed by atoms with E-state index in [1.165, 1.54) is 0 Å². The van der Waals surface area contributed by atoms with E-state index in [4.69, 9.17) is 30.4 Å². The summed E-state index contributed by atoms with van der Waals surface area (Å²) in [6.07, 6.45) is 1.51. The Labute approximate surface area is 277 Å². The molecule has 0 saturated carbocycles. The van der Waals surface area contributed by atoms with Crippen LogP contribution in [0.4, 0.5) is 0 Å². The number of carbonyl (C=O) groups excluding carboxylic acids is 2. The normalized spacial score (nSPS) is 17.0. The van der Waals surface area contributed by atoms with E-state index in [-0.39, 0.29) is 30.7 Å². The van der Waals surface area contributed by atoms with Crippen LogP contribution in [0.25, 0.3) is 0 Å². The first-order chi connectivity index (χ1) is 21.7. The average Bonchev–Trinajstić information content (AvgIpc) is 3.01. The number of primary amides is 1. The smallest absolute Gasteiger partial charge is 0.224 e. The number of morpholine rings is 1. The molecule has 264 valence electrons. The summed E-state index contributed by atoms with van der Waals surface area (Å²) in [6.45, 7) is 17.6. The summed E-state index contributed by atoms with van der Waals surface area (Å²) >= 11 is 0. The van der Waals surface area contributed by atoms with Gasteiger partial charge in [0.1, 0.15) is 6.61 Å². The van der Waals surface area contributed by atoms with E-state index in [1.807, 2.05) is 19.9 Å². The largest absolute Gasteiger partial charge is 0.490 e. The maximum absolute atomic E-state index is 13.0. The van der Waals surface area contributed by atoms with Crippen LogP contribution < -0.4 is 26.3 Å². The summed E-state index contributed by atoms with van der Waals surface area (Å²) in [7, 11) is 1.68. The molecule has 11 nitrogen and oxygen atoms in total. The minimum atomic E-state index is -0.862. The third kappa shape index (κ3) is 13.7. The molecule has 0 aromatic heterocycles. The third-order valence-corrected chi connectivity index (χ3v) is 9.05. The van der Waals surface area contributed by atoms with Gasteiger partial charge in [0.05, 0.1) is 31.3 Å². The molecule has 1 saturated heterocycles. The topological polar surface area (TPSA) is 159 Å². The van der Waals surface area contributed by atoms with Crippen LogP contribution in [-0.4, -0.2) is 100 Å². The van der Waals surface area contributed by atoms with Crippen LogP contribution in [0.2, 0.25) is 0 Å². The highest BCUT2D eigenvalue weighted by Gasteiger charge is 2.32. The lowest BCUT2D eigenvalue weighted by molar-refractivity contribution is -0.130. The summed E-state index contributed by atoms with van der Waals surface area (Å²) in [5, 5.41) is 14.0. The van der Waals surface area contributed by atoms with Crippen molar-refractivity contribution in [2.45, 2.75) is 79.4 Å². The monoisotopic (exact) mass is 650 g/mol. The zero-order valence-corrected chi connectivity index (χ0v) is 29.4. The fourth-order valence-corrected chi connectivity index (χ4v) is 5.45. The summed E-state index contributed by atoms with van der Waals surface area (Å²) in [5.41, 5.74) is 12.3. The number of carbonyl (C=O) groups is 2. The fourth-order valence-electron chi connectivity index (χ4n) is 5.45. The molecule has 6 N–H and O–H groups in total. The van der Waals surface area contributed by atoms with Gasteiger partial charge in [-0.1, -0.05) is 33.8 Å². The van der Waals surface area contributed by atoms with Gasteiger partial charge < -0.3 is 40.8 Å². The Morgan fingerprint density at radius 1 is 1.02 bits per heavy atom. The van der Waals surface area contributed by atoms with Crippen LogP contribution in [0.15, 0.2) is 18.2 Å². The van der Waals surface area contributed by atoms with Gasteiger partial charge in [0.15, 0.2) is 11.5 Å². The molecule has 1 aliphatic rings. The number of amides is 2. The molecule has 2 amide bonds. The Morgan fingerprint density at radius 2 is 1.70 bits per heavy atom. The van der Waals surface area contributed by atoms with Gasteiger partial charge in [-0.25, -0.2) is 0 Å². The van der Waals surface area contributed by atoms with E-state index in [9.17, 15) is 14.7 Å². The molecule has 1 fully saturated rings. The molecule has 2 rings (SSSR count). The maximum atomic E-state index is 13.0. The number of benzene rings is 1. The standard InChI is InChI=1S/C35H62N4O7/c1-24(2)27(21-29(36)30(40)22-28(25(3)4)33(41)38-23-35(5,6)34(37)42)19-26-9-10-31(32(20-26)45-15-8-14-43-7)46-18-13-39-11-16-44-17-12-39/h9-10,20,24-25,27-30,40H,8,11-19,21-23,36H2,1-7H3,(H2,37,42)(H,38,41)/t27-,28-,29-,30-/m0/s1. The van der Waals surface area contributed by atoms with Gasteiger partial charge in [0.2, 0.25) is 11.8 Å². The molecule has 1 aromatic carbocycles. The molecule has 46 heavy (non-hydrogen) atoms. The van der Waals surface area contributed by atoms with Crippen molar-refractivity contribution in [3.63, 3.8) is 0 Å². The van der Waals surface area contributed by atoms with Gasteiger partial charge in [-0.05, 0) is 68.6 Å². The minimum Gasteiger partial charge on any atom is -0.490 e. The van der Waals surface area contributed by atoms with E-state index in [1.54, 1.807) is 21.0 Å². The second-order valence-electron chi connectivity index (χ2n) is 14.0. The highest BCUT2D eigenvalue weighted by Crippen LogP contribution is 2.32. The zero-order chi connectivity index (χ0) is 34.3. The molecule has 0 aliphatic carbocycles. The molecule has 1 aliphatic heterocycles. The van der Waals surface area contributed by atoms with Gasteiger partial charge in [0.25, 0.3) is 0 Å². The second kappa shape index (κ2) is 20.0. The predicted octanol–water partition coefficient (Wildman–Crippen LogP) is 3.00. The van der Waals surface area contributed by atoms with Gasteiger partial charge in [0, 0.05) is 58.3 Å². The molecule has 0 unspecified atom stereocenters. The van der Waals surface area contributed by atoms with E-state index in [0.717, 1.165) is 57.0 Å². The van der Waals surface area contributed by atoms with Crippen LogP contribution in [0.3, 0.4) is 0 Å². The first-order valence-electron chi connectivity index (χ1n) is 16.9. The Balaban J connectivity index is 2.06. The molecule has 0 spiro atoms. The van der Waals surface area contributed by atoms with Crippen molar-refractivity contribution in [2.75, 3.05) is 66.3 Å². The Kier molecular flexibility index (Phi) is 17.3. The van der Waals surface area contributed by atoms with Crippen LogP contribution in [-0.2, 0) is 25.5 Å². The van der Waals surface area contributed by atoms with Gasteiger partial charge in [-0.2, -0.15) is 0 Å². The number of aliphatic hydroxyl groups excluding tert-OH is 1. The lowest BCUT2D eigenvalue weighted by Crippen LogP contribution is -2.46. The van der Waals surface area contributed by atoms with Crippen molar-refractivity contribution in [3.05, 3.63) is 23.8 Å². The van der Waals surface area contributed by atoms with Crippen LogP contribution in [0.1, 0.15) is 66.4 Å². The SMILES string of the molecule is COCCCOc1cc(C[C@@H](C[C@H](N)[C@@H](O)C[C@H](C(=O)NCC(C)(C)C(N)=O)C(C)C)C(C)C)ccc1OCCN1CCOCC1. The lowest BCUT2D eigenvalue weighted by atomic mass is 9.80. The average molecular weight is 651 g/mol. The summed E-state index contributed by atoms with van der Waals surface area (Å²) in [4.78, 5) is 27.1. The lowest BCUT2D eigenvalue weighted by Gasteiger charge is -2.30. The highest BCUT2D eigenvalue weighted by atomic mass is 16.5. The first kappa shape index (κ1) is 39.7. The van der Waals surface area contributed by atoms with Crippen LogP contribution in [0.5, 0.6) is 11.5 Å². The van der Waals surface area contributed by atoms with Gasteiger partial charge in [-0.3, -0.25) is 14.5 Å². The molecule has 11 heteroatoms. The summed E-state index contributed by atoms with van der Waals surface area (Å²) in [5.74, 6) is 0.795. The van der Waals surface area contributed by atoms with Crippen molar-refractivity contribution in [2.24, 2.45) is 40.6 Å². The number of nitrogens with one attached hydrogen (secondary N) is 1. The molecule has 4 atom stereocenters. The van der Waals surface area contributed by atoms with E-state index in [2.05, 4.69) is 36.2 Å². The number of hydrogen-bond donors (Lipinski definition) is 4.